The lowest BCUT2D eigenvalue weighted by atomic mass is 10.2. The van der Waals surface area contributed by atoms with Crippen molar-refractivity contribution < 1.29 is 19.1 Å². The fourth-order valence-electron chi connectivity index (χ4n) is 2.77. The van der Waals surface area contributed by atoms with Crippen LogP contribution in [-0.4, -0.2) is 35.8 Å². The average Bonchev–Trinajstić information content (AvgIpc) is 2.95. The van der Waals surface area contributed by atoms with Crippen molar-refractivity contribution in [3.05, 3.63) is 63.0 Å². The van der Waals surface area contributed by atoms with Gasteiger partial charge in [-0.15, -0.1) is 0 Å². The molecule has 0 saturated carbocycles. The Morgan fingerprint density at radius 3 is 2.69 bits per heavy atom. The van der Waals surface area contributed by atoms with Crippen LogP contribution >= 0.6 is 27.7 Å². The summed E-state index contributed by atoms with van der Waals surface area (Å²) in [6, 6.07) is 13.3. The largest absolute Gasteiger partial charge is 0.493 e. The molecule has 29 heavy (non-hydrogen) atoms. The Hall–Kier alpha value is -2.25. The van der Waals surface area contributed by atoms with Gasteiger partial charge in [-0.05, 0) is 67.1 Å². The van der Waals surface area contributed by atoms with Crippen molar-refractivity contribution in [1.29, 1.82) is 0 Å². The molecule has 3 rings (SSSR count). The predicted octanol–water partition coefficient (Wildman–Crippen LogP) is 5.66. The summed E-state index contributed by atoms with van der Waals surface area (Å²) in [5.74, 6) is 1.10. The van der Waals surface area contributed by atoms with E-state index >= 15 is 0 Å². The van der Waals surface area contributed by atoms with Crippen LogP contribution in [0.4, 0.5) is 4.79 Å². The van der Waals surface area contributed by atoms with Gasteiger partial charge in [-0.2, -0.15) is 0 Å². The Kier molecular flexibility index (Phi) is 7.39. The van der Waals surface area contributed by atoms with E-state index in [2.05, 4.69) is 15.9 Å². The maximum atomic E-state index is 12.7. The summed E-state index contributed by atoms with van der Waals surface area (Å²) in [7, 11) is 0. The summed E-state index contributed by atoms with van der Waals surface area (Å²) >= 11 is 4.38. The molecule has 0 radical (unpaired) electrons. The van der Waals surface area contributed by atoms with Crippen LogP contribution in [0.1, 0.15) is 24.5 Å². The Morgan fingerprint density at radius 1 is 1.10 bits per heavy atom. The maximum absolute atomic E-state index is 12.7. The van der Waals surface area contributed by atoms with E-state index in [1.165, 1.54) is 4.90 Å². The van der Waals surface area contributed by atoms with Crippen molar-refractivity contribution in [3.8, 4) is 11.5 Å². The van der Waals surface area contributed by atoms with Crippen LogP contribution in [0.2, 0.25) is 0 Å². The molecule has 1 heterocycles. The summed E-state index contributed by atoms with van der Waals surface area (Å²) in [4.78, 5) is 26.7. The number of hydrogen-bond acceptors (Lipinski definition) is 5. The number of rotatable bonds is 8. The molecule has 1 saturated heterocycles. The number of ether oxygens (including phenoxy) is 2. The molecule has 0 atom stereocenters. The van der Waals surface area contributed by atoms with E-state index in [1.54, 1.807) is 6.08 Å². The third-order valence-electron chi connectivity index (χ3n) is 4.17. The van der Waals surface area contributed by atoms with Gasteiger partial charge in [0.1, 0.15) is 18.1 Å². The van der Waals surface area contributed by atoms with Crippen molar-refractivity contribution >= 4 is 44.9 Å². The molecule has 5 nitrogen and oxygen atoms in total. The molecule has 2 amide bonds. The van der Waals surface area contributed by atoms with Crippen LogP contribution in [-0.2, 0) is 4.79 Å². The van der Waals surface area contributed by atoms with Gasteiger partial charge in [0.05, 0.1) is 18.1 Å². The standard InChI is InChI=1S/C22H22BrNO4S/c1-3-10-28-19-8-7-17(23)13-16(19)14-20-21(25)24(22(26)29-20)9-11-27-18-6-4-5-15(2)12-18/h4-8,12-14H,3,9-11H2,1-2H3/b20-14-. The van der Waals surface area contributed by atoms with Gasteiger partial charge in [-0.25, -0.2) is 0 Å². The second kappa shape index (κ2) is 9.98. The van der Waals surface area contributed by atoms with Gasteiger partial charge in [0.25, 0.3) is 11.1 Å². The Labute approximate surface area is 183 Å². The van der Waals surface area contributed by atoms with Crippen molar-refractivity contribution in [2.24, 2.45) is 0 Å². The number of carbonyl (C=O) groups is 2. The molecular formula is C22H22BrNO4S. The Bertz CT molecular complexity index is 944. The van der Waals surface area contributed by atoms with E-state index in [9.17, 15) is 9.59 Å². The lowest BCUT2D eigenvalue weighted by Gasteiger charge is -2.13. The Morgan fingerprint density at radius 2 is 1.93 bits per heavy atom. The van der Waals surface area contributed by atoms with Gasteiger partial charge >= 0.3 is 0 Å². The summed E-state index contributed by atoms with van der Waals surface area (Å²) in [6.07, 6.45) is 2.59. The number of imide groups is 1. The highest BCUT2D eigenvalue weighted by atomic mass is 79.9. The first kappa shape index (κ1) is 21.5. The fraction of sp³-hybridized carbons (Fsp3) is 0.273. The van der Waals surface area contributed by atoms with Gasteiger partial charge in [-0.1, -0.05) is 35.0 Å². The SMILES string of the molecule is CCCOc1ccc(Br)cc1/C=C1\SC(=O)N(CCOc2cccc(C)c2)C1=O. The number of hydrogen-bond donors (Lipinski definition) is 0. The molecule has 0 spiro atoms. The maximum Gasteiger partial charge on any atom is 0.293 e. The quantitative estimate of drug-likeness (QED) is 0.460. The lowest BCUT2D eigenvalue weighted by Crippen LogP contribution is -2.32. The molecule has 7 heteroatoms. The van der Waals surface area contributed by atoms with Gasteiger partial charge in [0.15, 0.2) is 0 Å². The number of carbonyl (C=O) groups excluding carboxylic acids is 2. The van der Waals surface area contributed by atoms with Crippen LogP contribution in [0.5, 0.6) is 11.5 Å². The molecule has 2 aromatic rings. The summed E-state index contributed by atoms with van der Waals surface area (Å²) < 4.78 is 12.3. The smallest absolute Gasteiger partial charge is 0.293 e. The van der Waals surface area contributed by atoms with E-state index in [0.717, 1.165) is 39.5 Å². The number of halogens is 1. The molecular weight excluding hydrogens is 454 g/mol. The van der Waals surface area contributed by atoms with Crippen LogP contribution < -0.4 is 9.47 Å². The van der Waals surface area contributed by atoms with E-state index in [1.807, 2.05) is 56.3 Å². The monoisotopic (exact) mass is 475 g/mol. The van der Waals surface area contributed by atoms with Crippen molar-refractivity contribution in [3.63, 3.8) is 0 Å². The number of benzene rings is 2. The zero-order valence-corrected chi connectivity index (χ0v) is 18.7. The van der Waals surface area contributed by atoms with E-state index in [-0.39, 0.29) is 24.3 Å². The molecule has 0 aromatic heterocycles. The second-order valence-corrected chi connectivity index (χ2v) is 8.44. The molecule has 0 N–H and O–H groups in total. The highest BCUT2D eigenvalue weighted by Gasteiger charge is 2.35. The molecule has 2 aromatic carbocycles. The minimum atomic E-state index is -0.311. The lowest BCUT2D eigenvalue weighted by molar-refractivity contribution is -0.123. The minimum absolute atomic E-state index is 0.202. The first-order valence-electron chi connectivity index (χ1n) is 9.35. The number of amides is 2. The molecule has 1 fully saturated rings. The fourth-order valence-corrected chi connectivity index (χ4v) is 4.00. The highest BCUT2D eigenvalue weighted by Crippen LogP contribution is 2.34. The van der Waals surface area contributed by atoms with E-state index in [0.29, 0.717) is 17.3 Å². The van der Waals surface area contributed by atoms with Gasteiger partial charge in [0, 0.05) is 10.0 Å². The van der Waals surface area contributed by atoms with Crippen molar-refractivity contribution in [2.75, 3.05) is 19.8 Å². The molecule has 0 unspecified atom stereocenters. The van der Waals surface area contributed by atoms with Crippen LogP contribution in [0.15, 0.2) is 51.8 Å². The number of aryl methyl sites for hydroxylation is 1. The zero-order chi connectivity index (χ0) is 20.8. The van der Waals surface area contributed by atoms with Crippen molar-refractivity contribution in [2.45, 2.75) is 20.3 Å². The van der Waals surface area contributed by atoms with Crippen LogP contribution in [0.25, 0.3) is 6.08 Å². The Balaban J connectivity index is 1.69. The predicted molar refractivity (Wildman–Crippen MR) is 119 cm³/mol. The first-order valence-corrected chi connectivity index (χ1v) is 11.0. The van der Waals surface area contributed by atoms with Crippen LogP contribution in [0.3, 0.4) is 0 Å². The normalized spacial score (nSPS) is 15.3. The van der Waals surface area contributed by atoms with Gasteiger partial charge in [0.2, 0.25) is 0 Å². The van der Waals surface area contributed by atoms with Crippen molar-refractivity contribution in [1.82, 2.24) is 4.90 Å². The number of nitrogens with zero attached hydrogens (tertiary/aromatic N) is 1. The minimum Gasteiger partial charge on any atom is -0.493 e. The summed E-state index contributed by atoms with van der Waals surface area (Å²) in [5, 5.41) is -0.292. The summed E-state index contributed by atoms with van der Waals surface area (Å²) in [5.41, 5.74) is 1.85. The molecule has 0 aliphatic carbocycles. The molecule has 152 valence electrons. The van der Waals surface area contributed by atoms with Gasteiger partial charge < -0.3 is 9.47 Å². The van der Waals surface area contributed by atoms with Crippen LogP contribution in [0, 0.1) is 6.92 Å². The van der Waals surface area contributed by atoms with E-state index in [4.69, 9.17) is 9.47 Å². The zero-order valence-electron chi connectivity index (χ0n) is 16.3. The average molecular weight is 476 g/mol. The third kappa shape index (κ3) is 5.64. The highest BCUT2D eigenvalue weighted by molar-refractivity contribution is 9.10. The molecule has 0 bridgehead atoms. The van der Waals surface area contributed by atoms with E-state index < -0.39 is 0 Å². The first-order chi connectivity index (χ1) is 14.0. The third-order valence-corrected chi connectivity index (χ3v) is 5.57. The number of thioether (sulfide) groups is 1. The molecule has 1 aliphatic rings. The summed E-state index contributed by atoms with van der Waals surface area (Å²) in [6.45, 7) is 5.04. The molecule has 1 aliphatic heterocycles. The second-order valence-electron chi connectivity index (χ2n) is 6.53. The van der Waals surface area contributed by atoms with Gasteiger partial charge in [-0.3, -0.25) is 14.5 Å². The topological polar surface area (TPSA) is 55.8 Å².